The first-order chi connectivity index (χ1) is 13.3. The van der Waals surface area contributed by atoms with Crippen LogP contribution < -0.4 is 0 Å². The molecule has 0 N–H and O–H groups in total. The molecule has 0 amide bonds. The number of allylic oxidation sites excluding steroid dienone is 2. The zero-order valence-corrected chi connectivity index (χ0v) is 16.7. The highest BCUT2D eigenvalue weighted by Gasteiger charge is 2.80. The summed E-state index contributed by atoms with van der Waals surface area (Å²) in [6.45, 7) is 4.21. The molecule has 1 aliphatic rings. The van der Waals surface area contributed by atoms with E-state index in [9.17, 15) is 17.6 Å². The SMILES string of the molecule is Cc1nn(C)c(C)c1C1=C(c2c(C)sc3ccccc23)C(F)(F)C(F)(F)C1(F)F. The summed E-state index contributed by atoms with van der Waals surface area (Å²) in [7, 11) is 1.45. The zero-order valence-electron chi connectivity index (χ0n) is 15.9. The van der Waals surface area contributed by atoms with E-state index < -0.39 is 28.9 Å². The van der Waals surface area contributed by atoms with Gasteiger partial charge >= 0.3 is 17.8 Å². The Hall–Kier alpha value is -2.29. The molecule has 0 radical (unpaired) electrons. The monoisotopic (exact) mass is 430 g/mol. The number of thiophene rings is 1. The molecule has 29 heavy (non-hydrogen) atoms. The van der Waals surface area contributed by atoms with Crippen LogP contribution in [0.5, 0.6) is 0 Å². The topological polar surface area (TPSA) is 17.8 Å². The predicted molar refractivity (Wildman–Crippen MR) is 101 cm³/mol. The van der Waals surface area contributed by atoms with Gasteiger partial charge in [-0.2, -0.15) is 31.4 Å². The maximum absolute atomic E-state index is 15.0. The van der Waals surface area contributed by atoms with E-state index in [1.807, 2.05) is 0 Å². The van der Waals surface area contributed by atoms with Crippen LogP contribution in [0.1, 0.15) is 27.4 Å². The number of aryl methyl sites for hydroxylation is 3. The Morgan fingerprint density at radius 1 is 0.862 bits per heavy atom. The number of nitrogens with zero attached hydrogens (tertiary/aromatic N) is 2. The van der Waals surface area contributed by atoms with Gasteiger partial charge in [0.25, 0.3) is 0 Å². The van der Waals surface area contributed by atoms with Crippen molar-refractivity contribution in [3.8, 4) is 0 Å². The molecule has 0 aliphatic heterocycles. The fourth-order valence-electron chi connectivity index (χ4n) is 4.00. The van der Waals surface area contributed by atoms with Crippen molar-refractivity contribution in [3.05, 3.63) is 51.7 Å². The molecule has 0 atom stereocenters. The molecule has 3 aromatic rings. The minimum Gasteiger partial charge on any atom is -0.272 e. The van der Waals surface area contributed by atoms with Crippen LogP contribution in [0.15, 0.2) is 24.3 Å². The van der Waals surface area contributed by atoms with Gasteiger partial charge in [-0.25, -0.2) is 0 Å². The van der Waals surface area contributed by atoms with E-state index in [1.54, 1.807) is 18.2 Å². The van der Waals surface area contributed by atoms with Gasteiger partial charge in [0.1, 0.15) is 0 Å². The van der Waals surface area contributed by atoms with Gasteiger partial charge in [0.15, 0.2) is 0 Å². The van der Waals surface area contributed by atoms with Crippen LogP contribution in [0.2, 0.25) is 0 Å². The Kier molecular flexibility index (Phi) is 4.05. The molecule has 0 saturated carbocycles. The highest BCUT2D eigenvalue weighted by atomic mass is 32.1. The number of alkyl halides is 6. The number of hydrogen-bond donors (Lipinski definition) is 0. The van der Waals surface area contributed by atoms with Crippen LogP contribution in [-0.4, -0.2) is 27.5 Å². The van der Waals surface area contributed by atoms with E-state index in [0.717, 1.165) is 11.3 Å². The second-order valence-corrected chi connectivity index (χ2v) is 8.43. The molecule has 0 unspecified atom stereocenters. The van der Waals surface area contributed by atoms with Crippen LogP contribution in [0.25, 0.3) is 21.2 Å². The van der Waals surface area contributed by atoms with Crippen LogP contribution in [0.4, 0.5) is 26.3 Å². The number of hydrogen-bond acceptors (Lipinski definition) is 2. The average Bonchev–Trinajstić information content (AvgIpc) is 3.10. The molecule has 2 nitrogen and oxygen atoms in total. The molecular formula is C20H16F6N2S. The molecule has 1 aliphatic carbocycles. The van der Waals surface area contributed by atoms with Crippen LogP contribution in [0, 0.1) is 20.8 Å². The molecule has 1 aromatic carbocycles. The molecule has 0 spiro atoms. The smallest absolute Gasteiger partial charge is 0.272 e. The lowest BCUT2D eigenvalue weighted by molar-refractivity contribution is -0.254. The molecular weight excluding hydrogens is 414 g/mol. The summed E-state index contributed by atoms with van der Waals surface area (Å²) < 4.78 is 90.9. The molecule has 0 fully saturated rings. The maximum Gasteiger partial charge on any atom is 0.380 e. The lowest BCUT2D eigenvalue weighted by Crippen LogP contribution is -2.49. The molecule has 2 aromatic heterocycles. The van der Waals surface area contributed by atoms with Crippen molar-refractivity contribution in [1.29, 1.82) is 0 Å². The zero-order chi connectivity index (χ0) is 21.5. The number of rotatable bonds is 2. The van der Waals surface area contributed by atoms with Gasteiger partial charge in [0.05, 0.1) is 5.69 Å². The first-order valence-electron chi connectivity index (χ1n) is 8.71. The van der Waals surface area contributed by atoms with E-state index in [-0.39, 0.29) is 32.8 Å². The Balaban J connectivity index is 2.23. The normalized spacial score (nSPS) is 20.1. The van der Waals surface area contributed by atoms with Crippen LogP contribution in [-0.2, 0) is 7.05 Å². The lowest BCUT2D eigenvalue weighted by Gasteiger charge is -2.26. The summed E-state index contributed by atoms with van der Waals surface area (Å²) in [5, 5.41) is 4.22. The highest BCUT2D eigenvalue weighted by molar-refractivity contribution is 7.19. The lowest BCUT2D eigenvalue weighted by atomic mass is 9.92. The Bertz CT molecular complexity index is 1190. The number of benzene rings is 1. The average molecular weight is 430 g/mol. The van der Waals surface area contributed by atoms with E-state index in [4.69, 9.17) is 0 Å². The molecule has 4 rings (SSSR count). The Labute approximate surface area is 166 Å². The number of fused-ring (bicyclic) bond motifs is 1. The van der Waals surface area contributed by atoms with Gasteiger partial charge in [-0.1, -0.05) is 18.2 Å². The predicted octanol–water partition coefficient (Wildman–Crippen LogP) is 6.39. The maximum atomic E-state index is 15.0. The van der Waals surface area contributed by atoms with E-state index in [1.165, 1.54) is 38.6 Å². The van der Waals surface area contributed by atoms with E-state index >= 15 is 8.78 Å². The standard InChI is InChI=1S/C20H16F6N2S/c1-9-14(10(2)28(4)27-9)16-17(19(23,24)20(25,26)18(16,21)22)15-11(3)29-13-8-6-5-7-12(13)15/h5-8H,1-4H3. The van der Waals surface area contributed by atoms with Crippen molar-refractivity contribution in [1.82, 2.24) is 9.78 Å². The minimum atomic E-state index is -5.57. The van der Waals surface area contributed by atoms with Gasteiger partial charge in [0.2, 0.25) is 0 Å². The largest absolute Gasteiger partial charge is 0.380 e. The molecule has 0 bridgehead atoms. The van der Waals surface area contributed by atoms with Gasteiger partial charge in [-0.05, 0) is 26.8 Å². The van der Waals surface area contributed by atoms with E-state index in [0.29, 0.717) is 4.70 Å². The Morgan fingerprint density at radius 3 is 1.97 bits per heavy atom. The number of halogens is 6. The van der Waals surface area contributed by atoms with Crippen molar-refractivity contribution in [2.75, 3.05) is 0 Å². The van der Waals surface area contributed by atoms with Crippen LogP contribution in [0.3, 0.4) is 0 Å². The third-order valence-electron chi connectivity index (χ3n) is 5.45. The van der Waals surface area contributed by atoms with Crippen molar-refractivity contribution in [2.24, 2.45) is 7.05 Å². The fourth-order valence-corrected chi connectivity index (χ4v) is 5.07. The quantitative estimate of drug-likeness (QED) is 0.431. The minimum absolute atomic E-state index is 0.0112. The van der Waals surface area contributed by atoms with Gasteiger partial charge in [-0.15, -0.1) is 11.3 Å². The third-order valence-corrected chi connectivity index (χ3v) is 6.53. The summed E-state index contributed by atoms with van der Waals surface area (Å²) in [6, 6.07) is 6.35. The summed E-state index contributed by atoms with van der Waals surface area (Å²) in [4.78, 5) is 0.270. The molecule has 9 heteroatoms. The van der Waals surface area contributed by atoms with Gasteiger partial charge in [0, 0.05) is 50.0 Å². The highest BCUT2D eigenvalue weighted by Crippen LogP contribution is 2.66. The van der Waals surface area contributed by atoms with Gasteiger partial charge < -0.3 is 0 Å². The molecule has 0 saturated heterocycles. The van der Waals surface area contributed by atoms with Crippen molar-refractivity contribution in [2.45, 2.75) is 38.5 Å². The van der Waals surface area contributed by atoms with Crippen molar-refractivity contribution in [3.63, 3.8) is 0 Å². The summed E-state index contributed by atoms with van der Waals surface area (Å²) in [6.07, 6.45) is 0. The molecule has 154 valence electrons. The van der Waals surface area contributed by atoms with Crippen molar-refractivity contribution >= 4 is 32.6 Å². The van der Waals surface area contributed by atoms with Gasteiger partial charge in [-0.3, -0.25) is 4.68 Å². The third kappa shape index (κ3) is 2.33. The fraction of sp³-hybridized carbons (Fsp3) is 0.350. The second kappa shape index (κ2) is 5.87. The second-order valence-electron chi connectivity index (χ2n) is 7.17. The summed E-state index contributed by atoms with van der Waals surface area (Å²) >= 11 is 1.10. The molecule has 2 heterocycles. The Morgan fingerprint density at radius 2 is 1.41 bits per heavy atom. The number of aromatic nitrogens is 2. The summed E-state index contributed by atoms with van der Waals surface area (Å²) in [5.41, 5.74) is -3.18. The van der Waals surface area contributed by atoms with E-state index in [2.05, 4.69) is 5.10 Å². The van der Waals surface area contributed by atoms with Crippen LogP contribution >= 0.6 is 11.3 Å². The summed E-state index contributed by atoms with van der Waals surface area (Å²) in [5.74, 6) is -15.7. The van der Waals surface area contributed by atoms with Crippen molar-refractivity contribution < 1.29 is 26.3 Å². The first kappa shape index (κ1) is 20.0. The first-order valence-corrected chi connectivity index (χ1v) is 9.53.